The van der Waals surface area contributed by atoms with Crippen LogP contribution in [0.4, 0.5) is 0 Å². The van der Waals surface area contributed by atoms with Crippen molar-refractivity contribution in [3.05, 3.63) is 34.2 Å². The quantitative estimate of drug-likeness (QED) is 0.847. The molecule has 0 bridgehead atoms. The second kappa shape index (κ2) is 5.17. The highest BCUT2D eigenvalue weighted by Crippen LogP contribution is 2.43. The number of hydrogen-bond donors (Lipinski definition) is 0. The van der Waals surface area contributed by atoms with Crippen LogP contribution in [0, 0.1) is 6.92 Å². The smallest absolute Gasteiger partial charge is 0.263 e. The van der Waals surface area contributed by atoms with E-state index in [1.165, 1.54) is 11.3 Å². The summed E-state index contributed by atoms with van der Waals surface area (Å²) in [6, 6.07) is 3.77. The van der Waals surface area contributed by atoms with Gasteiger partial charge in [-0.2, -0.15) is 0 Å². The number of aromatic nitrogens is 2. The van der Waals surface area contributed by atoms with Crippen LogP contribution in [0.1, 0.15) is 34.3 Å². The lowest BCUT2D eigenvalue weighted by molar-refractivity contribution is 0.00987. The van der Waals surface area contributed by atoms with Crippen LogP contribution in [0.2, 0.25) is 0 Å². The fourth-order valence-corrected chi connectivity index (χ4v) is 4.17. The van der Waals surface area contributed by atoms with Gasteiger partial charge in [0.25, 0.3) is 5.91 Å². The number of thiophene rings is 1. The molecule has 0 N–H and O–H groups in total. The summed E-state index contributed by atoms with van der Waals surface area (Å²) >= 11 is 1.47. The molecule has 2 aromatic rings. The number of likely N-dealkylation sites (tertiary alicyclic amines) is 1. The molecule has 0 radical (unpaired) electrons. The summed E-state index contributed by atoms with van der Waals surface area (Å²) in [5, 5.41) is 10.1. The van der Waals surface area contributed by atoms with Crippen molar-refractivity contribution in [2.75, 3.05) is 19.7 Å². The number of carbonyl (C=O) groups is 1. The van der Waals surface area contributed by atoms with Crippen LogP contribution < -0.4 is 0 Å². The van der Waals surface area contributed by atoms with Gasteiger partial charge in [0.05, 0.1) is 16.4 Å². The summed E-state index contributed by atoms with van der Waals surface area (Å²) in [5.74, 6) is 1.24. The number of amides is 1. The van der Waals surface area contributed by atoms with Gasteiger partial charge in [0.2, 0.25) is 11.8 Å². The monoisotopic (exact) mass is 319 g/mol. The Morgan fingerprint density at radius 1 is 1.50 bits per heavy atom. The van der Waals surface area contributed by atoms with Gasteiger partial charge in [-0.3, -0.25) is 4.79 Å². The van der Waals surface area contributed by atoms with Crippen molar-refractivity contribution in [2.45, 2.75) is 31.3 Å². The van der Waals surface area contributed by atoms with Crippen LogP contribution in [0.3, 0.4) is 0 Å². The molecule has 6 nitrogen and oxygen atoms in total. The largest absolute Gasteiger partial charge is 0.425 e. The first-order chi connectivity index (χ1) is 10.7. The third-order valence-electron chi connectivity index (χ3n) is 4.59. The molecular weight excluding hydrogens is 302 g/mol. The van der Waals surface area contributed by atoms with Crippen LogP contribution in [-0.4, -0.2) is 46.8 Å². The number of ether oxygens (including phenoxy) is 1. The minimum Gasteiger partial charge on any atom is -0.425 e. The van der Waals surface area contributed by atoms with Crippen molar-refractivity contribution in [1.29, 1.82) is 0 Å². The Morgan fingerprint density at radius 2 is 2.41 bits per heavy atom. The molecule has 2 saturated heterocycles. The Bertz CT molecular complexity index is 684. The Hall–Kier alpha value is -1.73. The lowest BCUT2D eigenvalue weighted by Gasteiger charge is -2.41. The van der Waals surface area contributed by atoms with Gasteiger partial charge in [-0.1, -0.05) is 6.07 Å². The standard InChI is InChI=1S/C15H17N3O3S/c1-10-16-17-14(21-10)15-5-7-20-12(15)4-6-18(9-15)13(19)11-3-2-8-22-11/h2-3,8,12H,4-7,9H2,1H3/t12-,15-/m1/s1. The summed E-state index contributed by atoms with van der Waals surface area (Å²) in [4.78, 5) is 15.3. The highest BCUT2D eigenvalue weighted by atomic mass is 32.1. The maximum atomic E-state index is 12.7. The van der Waals surface area contributed by atoms with Gasteiger partial charge in [-0.15, -0.1) is 21.5 Å². The molecule has 116 valence electrons. The highest BCUT2D eigenvalue weighted by Gasteiger charge is 2.53. The van der Waals surface area contributed by atoms with Crippen molar-refractivity contribution in [1.82, 2.24) is 15.1 Å². The summed E-state index contributed by atoms with van der Waals surface area (Å²) in [6.07, 6.45) is 1.67. The Morgan fingerprint density at radius 3 is 3.14 bits per heavy atom. The van der Waals surface area contributed by atoms with Crippen LogP contribution in [-0.2, 0) is 10.2 Å². The zero-order chi connectivity index (χ0) is 15.2. The molecule has 2 atom stereocenters. The Labute approximate surface area is 132 Å². The molecule has 2 aliphatic heterocycles. The fourth-order valence-electron chi connectivity index (χ4n) is 3.48. The van der Waals surface area contributed by atoms with E-state index in [9.17, 15) is 4.79 Å². The fraction of sp³-hybridized carbons (Fsp3) is 0.533. The predicted molar refractivity (Wildman–Crippen MR) is 79.9 cm³/mol. The molecule has 1 amide bonds. The first-order valence-electron chi connectivity index (χ1n) is 7.44. The molecule has 0 unspecified atom stereocenters. The van der Waals surface area contributed by atoms with Crippen molar-refractivity contribution < 1.29 is 13.9 Å². The number of rotatable bonds is 2. The number of aryl methyl sites for hydroxylation is 1. The van der Waals surface area contributed by atoms with Crippen LogP contribution in [0.25, 0.3) is 0 Å². The first kappa shape index (κ1) is 13.9. The zero-order valence-electron chi connectivity index (χ0n) is 12.3. The minimum atomic E-state index is -0.355. The average molecular weight is 319 g/mol. The van der Waals surface area contributed by atoms with Gasteiger partial charge in [0.15, 0.2) is 0 Å². The number of nitrogens with zero attached hydrogens (tertiary/aromatic N) is 3. The molecule has 2 aromatic heterocycles. The maximum Gasteiger partial charge on any atom is 0.263 e. The second-order valence-electron chi connectivity index (χ2n) is 5.88. The molecule has 2 aliphatic rings. The normalized spacial score (nSPS) is 27.9. The Kier molecular flexibility index (Phi) is 3.27. The van der Waals surface area contributed by atoms with Crippen molar-refractivity contribution in [3.63, 3.8) is 0 Å². The summed E-state index contributed by atoms with van der Waals surface area (Å²) in [7, 11) is 0. The summed E-state index contributed by atoms with van der Waals surface area (Å²) in [6.45, 7) is 3.74. The average Bonchev–Trinajstić information content (AvgIpc) is 3.26. The molecule has 0 saturated carbocycles. The van der Waals surface area contributed by atoms with Gasteiger partial charge < -0.3 is 14.1 Å². The van der Waals surface area contributed by atoms with E-state index in [4.69, 9.17) is 9.15 Å². The highest BCUT2D eigenvalue weighted by molar-refractivity contribution is 7.12. The number of piperidine rings is 1. The number of carbonyl (C=O) groups excluding carboxylic acids is 1. The molecule has 0 aromatic carbocycles. The molecule has 7 heteroatoms. The summed E-state index contributed by atoms with van der Waals surface area (Å²) in [5.41, 5.74) is -0.355. The third kappa shape index (κ3) is 2.07. The van der Waals surface area contributed by atoms with Crippen molar-refractivity contribution >= 4 is 17.2 Å². The molecule has 4 rings (SSSR count). The van der Waals surface area contributed by atoms with E-state index in [1.54, 1.807) is 6.92 Å². The van der Waals surface area contributed by atoms with Crippen LogP contribution in [0.5, 0.6) is 0 Å². The van der Waals surface area contributed by atoms with E-state index in [-0.39, 0.29) is 17.4 Å². The molecule has 4 heterocycles. The molecular formula is C15H17N3O3S. The van der Waals surface area contributed by atoms with Gasteiger partial charge in [0, 0.05) is 26.6 Å². The zero-order valence-corrected chi connectivity index (χ0v) is 13.1. The molecule has 0 spiro atoms. The van der Waals surface area contributed by atoms with E-state index in [2.05, 4.69) is 10.2 Å². The topological polar surface area (TPSA) is 68.5 Å². The van der Waals surface area contributed by atoms with Gasteiger partial charge in [-0.25, -0.2) is 0 Å². The SMILES string of the molecule is Cc1nnc([C@@]23CCO[C@@H]2CCN(C(=O)c2cccs2)C3)o1. The maximum absolute atomic E-state index is 12.7. The molecule has 22 heavy (non-hydrogen) atoms. The Balaban J connectivity index is 1.65. The van der Waals surface area contributed by atoms with E-state index >= 15 is 0 Å². The third-order valence-corrected chi connectivity index (χ3v) is 5.45. The van der Waals surface area contributed by atoms with Gasteiger partial charge >= 0.3 is 0 Å². The lowest BCUT2D eigenvalue weighted by atomic mass is 9.76. The number of fused-ring (bicyclic) bond motifs is 1. The second-order valence-corrected chi connectivity index (χ2v) is 6.83. The van der Waals surface area contributed by atoms with Gasteiger partial charge in [-0.05, 0) is 24.3 Å². The van der Waals surface area contributed by atoms with E-state index < -0.39 is 0 Å². The van der Waals surface area contributed by atoms with Gasteiger partial charge in [0.1, 0.15) is 0 Å². The number of hydrogen-bond acceptors (Lipinski definition) is 6. The lowest BCUT2D eigenvalue weighted by Crippen LogP contribution is -2.54. The van der Waals surface area contributed by atoms with E-state index in [0.717, 1.165) is 17.7 Å². The van der Waals surface area contributed by atoms with Crippen molar-refractivity contribution in [2.24, 2.45) is 0 Å². The predicted octanol–water partition coefficient (Wildman–Crippen LogP) is 2.01. The molecule has 0 aliphatic carbocycles. The minimum absolute atomic E-state index is 0.0553. The summed E-state index contributed by atoms with van der Waals surface area (Å²) < 4.78 is 11.6. The van der Waals surface area contributed by atoms with Crippen molar-refractivity contribution in [3.8, 4) is 0 Å². The van der Waals surface area contributed by atoms with E-state index in [1.807, 2.05) is 22.4 Å². The van der Waals surface area contributed by atoms with E-state index in [0.29, 0.717) is 31.5 Å². The van der Waals surface area contributed by atoms with Crippen LogP contribution >= 0.6 is 11.3 Å². The molecule has 2 fully saturated rings. The first-order valence-corrected chi connectivity index (χ1v) is 8.32. The van der Waals surface area contributed by atoms with Crippen LogP contribution in [0.15, 0.2) is 21.9 Å².